The van der Waals surface area contributed by atoms with Gasteiger partial charge >= 0.3 is 0 Å². The molecular weight excluding hydrogens is 402 g/mol. The lowest BCUT2D eigenvalue weighted by Gasteiger charge is -2.19. The van der Waals surface area contributed by atoms with Gasteiger partial charge in [-0.3, -0.25) is 9.78 Å². The minimum Gasteiger partial charge on any atom is -0.497 e. The predicted octanol–water partition coefficient (Wildman–Crippen LogP) is 4.43. The summed E-state index contributed by atoms with van der Waals surface area (Å²) >= 11 is 0. The lowest BCUT2D eigenvalue weighted by Crippen LogP contribution is -2.25. The fraction of sp³-hybridized carbons (Fsp3) is 0.231. The van der Waals surface area contributed by atoms with Crippen LogP contribution in [0.25, 0.3) is 10.9 Å². The first-order valence-corrected chi connectivity index (χ1v) is 10.5. The molecule has 164 valence electrons. The molecule has 0 bridgehead atoms. The van der Waals surface area contributed by atoms with Gasteiger partial charge in [-0.15, -0.1) is 0 Å². The molecule has 6 heteroatoms. The largest absolute Gasteiger partial charge is 0.497 e. The molecule has 1 N–H and O–H groups in total. The van der Waals surface area contributed by atoms with E-state index in [1.807, 2.05) is 49.5 Å². The number of carbonyl (C=O) groups excluding carboxylic acids is 1. The Bertz CT molecular complexity index is 1200. The van der Waals surface area contributed by atoms with Crippen LogP contribution < -0.4 is 14.8 Å². The maximum absolute atomic E-state index is 13.0. The molecule has 0 saturated carbocycles. The highest BCUT2D eigenvalue weighted by atomic mass is 16.5. The summed E-state index contributed by atoms with van der Waals surface area (Å²) < 4.78 is 13.1. The molecule has 0 aliphatic rings. The van der Waals surface area contributed by atoms with Crippen molar-refractivity contribution in [2.45, 2.75) is 18.9 Å². The maximum atomic E-state index is 13.0. The van der Waals surface area contributed by atoms with E-state index >= 15 is 0 Å². The molecule has 0 radical (unpaired) electrons. The molecule has 0 aliphatic heterocycles. The van der Waals surface area contributed by atoms with Crippen molar-refractivity contribution in [3.05, 3.63) is 89.9 Å². The summed E-state index contributed by atoms with van der Waals surface area (Å²) in [6, 6.07) is 17.8. The lowest BCUT2D eigenvalue weighted by molar-refractivity contribution is -0.121. The second-order valence-electron chi connectivity index (χ2n) is 7.75. The number of para-hydroxylation sites is 1. The van der Waals surface area contributed by atoms with Crippen LogP contribution in [0.4, 0.5) is 0 Å². The first kappa shape index (κ1) is 21.4. The number of carbonyl (C=O) groups is 1. The molecule has 1 atom stereocenters. The molecule has 2 aromatic carbocycles. The van der Waals surface area contributed by atoms with Crippen molar-refractivity contribution in [1.82, 2.24) is 14.9 Å². The number of pyridine rings is 1. The fourth-order valence-electron chi connectivity index (χ4n) is 4.05. The fourth-order valence-corrected chi connectivity index (χ4v) is 4.05. The van der Waals surface area contributed by atoms with E-state index in [0.717, 1.165) is 27.6 Å². The van der Waals surface area contributed by atoms with Crippen LogP contribution in [0.3, 0.4) is 0 Å². The number of aromatic nitrogens is 2. The van der Waals surface area contributed by atoms with E-state index in [4.69, 9.17) is 9.47 Å². The molecule has 2 heterocycles. The van der Waals surface area contributed by atoms with Gasteiger partial charge < -0.3 is 19.4 Å². The van der Waals surface area contributed by atoms with Gasteiger partial charge in [0.05, 0.1) is 14.2 Å². The summed E-state index contributed by atoms with van der Waals surface area (Å²) in [6.07, 6.45) is 5.86. The second-order valence-corrected chi connectivity index (χ2v) is 7.75. The number of nitrogens with one attached hydrogen (secondary N) is 1. The zero-order chi connectivity index (χ0) is 22.5. The van der Waals surface area contributed by atoms with Gasteiger partial charge in [-0.1, -0.05) is 18.2 Å². The molecule has 1 amide bonds. The van der Waals surface area contributed by atoms with Crippen molar-refractivity contribution in [2.24, 2.45) is 7.05 Å². The Labute approximate surface area is 187 Å². The van der Waals surface area contributed by atoms with Crippen LogP contribution >= 0.6 is 0 Å². The second kappa shape index (κ2) is 9.56. The molecule has 0 saturated heterocycles. The maximum Gasteiger partial charge on any atom is 0.221 e. The number of hydrogen-bond donors (Lipinski definition) is 1. The minimum absolute atomic E-state index is 0.0264. The third-order valence-electron chi connectivity index (χ3n) is 5.71. The van der Waals surface area contributed by atoms with Gasteiger partial charge in [-0.25, -0.2) is 0 Å². The number of hydrogen-bond acceptors (Lipinski definition) is 4. The monoisotopic (exact) mass is 429 g/mol. The van der Waals surface area contributed by atoms with Crippen LogP contribution in [0, 0.1) is 0 Å². The van der Waals surface area contributed by atoms with Crippen molar-refractivity contribution >= 4 is 16.8 Å². The number of ether oxygens (including phenoxy) is 2. The van der Waals surface area contributed by atoms with Crippen LogP contribution in [-0.2, 0) is 18.4 Å². The number of amides is 1. The number of aryl methyl sites for hydroxylation is 1. The number of rotatable bonds is 8. The summed E-state index contributed by atoms with van der Waals surface area (Å²) in [5.41, 5.74) is 4.20. The first-order chi connectivity index (χ1) is 15.6. The Morgan fingerprint density at radius 2 is 1.72 bits per heavy atom. The van der Waals surface area contributed by atoms with Crippen molar-refractivity contribution in [1.29, 1.82) is 0 Å². The van der Waals surface area contributed by atoms with Gasteiger partial charge in [0.15, 0.2) is 0 Å². The average molecular weight is 430 g/mol. The van der Waals surface area contributed by atoms with Crippen LogP contribution in [0.5, 0.6) is 11.5 Å². The Hall–Kier alpha value is -3.80. The molecule has 2 aromatic heterocycles. The Morgan fingerprint density at radius 3 is 2.41 bits per heavy atom. The van der Waals surface area contributed by atoms with Gasteiger partial charge in [0.25, 0.3) is 0 Å². The third kappa shape index (κ3) is 4.59. The number of benzene rings is 2. The van der Waals surface area contributed by atoms with Crippen LogP contribution in [0.15, 0.2) is 73.2 Å². The molecule has 0 spiro atoms. The molecule has 4 aromatic rings. The Kier molecular flexibility index (Phi) is 6.40. The number of nitrogens with zero attached hydrogens (tertiary/aromatic N) is 2. The molecule has 0 fully saturated rings. The van der Waals surface area contributed by atoms with Crippen LogP contribution in [0.2, 0.25) is 0 Å². The summed E-state index contributed by atoms with van der Waals surface area (Å²) in [7, 11) is 5.29. The van der Waals surface area contributed by atoms with Gasteiger partial charge in [0.1, 0.15) is 11.5 Å². The molecule has 32 heavy (non-hydrogen) atoms. The summed E-state index contributed by atoms with van der Waals surface area (Å²) in [5.74, 6) is 1.20. The number of methoxy groups -OCH3 is 2. The van der Waals surface area contributed by atoms with E-state index < -0.39 is 0 Å². The molecule has 6 nitrogen and oxygen atoms in total. The number of fused-ring (bicyclic) bond motifs is 1. The van der Waals surface area contributed by atoms with Gasteiger partial charge in [-0.2, -0.15) is 0 Å². The highest BCUT2D eigenvalue weighted by molar-refractivity contribution is 5.86. The Balaban J connectivity index is 1.71. The normalized spacial score (nSPS) is 11.8. The zero-order valence-corrected chi connectivity index (χ0v) is 18.5. The van der Waals surface area contributed by atoms with E-state index in [9.17, 15) is 4.79 Å². The highest BCUT2D eigenvalue weighted by Crippen LogP contribution is 2.37. The SMILES string of the molecule is COc1cc(OC)cc([C@H](CC(=O)NCc2ccncc2)c2cn(C)c3ccccc23)c1. The van der Waals surface area contributed by atoms with E-state index in [1.54, 1.807) is 26.6 Å². The van der Waals surface area contributed by atoms with Crippen LogP contribution in [0.1, 0.15) is 29.0 Å². The van der Waals surface area contributed by atoms with Crippen molar-refractivity contribution in [2.75, 3.05) is 14.2 Å². The molecular formula is C26H27N3O3. The smallest absolute Gasteiger partial charge is 0.221 e. The summed E-state index contributed by atoms with van der Waals surface area (Å²) in [5, 5.41) is 4.17. The topological polar surface area (TPSA) is 65.4 Å². The van der Waals surface area contributed by atoms with E-state index in [-0.39, 0.29) is 11.8 Å². The van der Waals surface area contributed by atoms with E-state index in [1.165, 1.54) is 0 Å². The average Bonchev–Trinajstić information content (AvgIpc) is 3.17. The highest BCUT2D eigenvalue weighted by Gasteiger charge is 2.23. The van der Waals surface area contributed by atoms with Crippen LogP contribution in [-0.4, -0.2) is 29.7 Å². The van der Waals surface area contributed by atoms with E-state index in [2.05, 4.69) is 33.2 Å². The van der Waals surface area contributed by atoms with Gasteiger partial charge in [0, 0.05) is 61.5 Å². The summed E-state index contributed by atoms with van der Waals surface area (Å²) in [4.78, 5) is 17.1. The quantitative estimate of drug-likeness (QED) is 0.450. The standard InChI is InChI=1S/C26H27N3O3/c1-29-17-24(22-6-4-5-7-25(22)29)23(19-12-20(31-2)14-21(13-19)32-3)15-26(30)28-16-18-8-10-27-11-9-18/h4-14,17,23H,15-16H2,1-3H3,(H,28,30)/t23-/m0/s1. The Morgan fingerprint density at radius 1 is 1.03 bits per heavy atom. The lowest BCUT2D eigenvalue weighted by atomic mass is 9.87. The molecule has 0 aliphatic carbocycles. The van der Waals surface area contributed by atoms with E-state index in [0.29, 0.717) is 24.5 Å². The van der Waals surface area contributed by atoms with Gasteiger partial charge in [-0.05, 0) is 47.0 Å². The van der Waals surface area contributed by atoms with Crippen molar-refractivity contribution < 1.29 is 14.3 Å². The van der Waals surface area contributed by atoms with Gasteiger partial charge in [0.2, 0.25) is 5.91 Å². The molecule has 0 unspecified atom stereocenters. The predicted molar refractivity (Wildman–Crippen MR) is 125 cm³/mol. The molecule has 4 rings (SSSR count). The zero-order valence-electron chi connectivity index (χ0n) is 18.5. The van der Waals surface area contributed by atoms with Crippen molar-refractivity contribution in [3.8, 4) is 11.5 Å². The minimum atomic E-state index is -0.164. The summed E-state index contributed by atoms with van der Waals surface area (Å²) in [6.45, 7) is 0.463. The third-order valence-corrected chi connectivity index (χ3v) is 5.71. The first-order valence-electron chi connectivity index (χ1n) is 10.5. The van der Waals surface area contributed by atoms with Crippen molar-refractivity contribution in [3.63, 3.8) is 0 Å².